The van der Waals surface area contributed by atoms with Crippen LogP contribution >= 0.6 is 0 Å². The minimum absolute atomic E-state index is 0.129. The molecule has 0 aliphatic heterocycles. The summed E-state index contributed by atoms with van der Waals surface area (Å²) in [6, 6.07) is 3.28. The lowest BCUT2D eigenvalue weighted by atomic mass is 9.80. The summed E-state index contributed by atoms with van der Waals surface area (Å²) in [5.41, 5.74) is 5.39. The highest BCUT2D eigenvalue weighted by Gasteiger charge is 2.49. The normalized spacial score (nSPS) is 28.8. The quantitative estimate of drug-likeness (QED) is 0.736. The Hall–Kier alpha value is -1.23. The van der Waals surface area contributed by atoms with Crippen molar-refractivity contribution < 1.29 is 0 Å². The molecule has 1 unspecified atom stereocenters. The third-order valence-corrected chi connectivity index (χ3v) is 5.41. The molecule has 0 N–H and O–H groups in total. The van der Waals surface area contributed by atoms with Gasteiger partial charge in [-0.1, -0.05) is 13.8 Å². The number of aromatic nitrogens is 1. The summed E-state index contributed by atoms with van der Waals surface area (Å²) < 4.78 is 2.53. The predicted octanol–water partition coefficient (Wildman–Crippen LogP) is 4.29. The van der Waals surface area contributed by atoms with Crippen molar-refractivity contribution in [2.24, 2.45) is 0 Å². The van der Waals surface area contributed by atoms with Crippen LogP contribution in [0.3, 0.4) is 0 Å². The van der Waals surface area contributed by atoms with E-state index in [9.17, 15) is 5.26 Å². The SMILES string of the molecule is Cc1c2c(c(C)n1C1CCC1)C(C)(C#N)CC2(C)C. The molecule has 3 rings (SSSR count). The highest BCUT2D eigenvalue weighted by Crippen LogP contribution is 2.54. The van der Waals surface area contributed by atoms with E-state index in [2.05, 4.69) is 45.3 Å². The summed E-state index contributed by atoms with van der Waals surface area (Å²) in [6.45, 7) is 11.2. The Labute approximate surface area is 116 Å². The zero-order chi connectivity index (χ0) is 14.0. The topological polar surface area (TPSA) is 28.7 Å². The van der Waals surface area contributed by atoms with Gasteiger partial charge in [-0.25, -0.2) is 0 Å². The molecule has 0 bridgehead atoms. The summed E-state index contributed by atoms with van der Waals surface area (Å²) in [5, 5.41) is 9.68. The number of nitriles is 1. The van der Waals surface area contributed by atoms with E-state index in [1.807, 2.05) is 0 Å². The van der Waals surface area contributed by atoms with Crippen LogP contribution in [-0.2, 0) is 10.8 Å². The standard InChI is InChI=1S/C17H24N2/c1-11-14-15(12(2)19(11)13-7-6-8-13)17(5,10-18)9-16(14,3)4/h13H,6-9H2,1-5H3. The molecule has 1 saturated carbocycles. The Morgan fingerprint density at radius 2 is 1.68 bits per heavy atom. The summed E-state index contributed by atoms with van der Waals surface area (Å²) in [4.78, 5) is 0. The van der Waals surface area contributed by atoms with Crippen LogP contribution in [0.15, 0.2) is 0 Å². The van der Waals surface area contributed by atoms with Crippen LogP contribution in [0.1, 0.15) is 75.0 Å². The Morgan fingerprint density at radius 3 is 2.16 bits per heavy atom. The van der Waals surface area contributed by atoms with Gasteiger partial charge < -0.3 is 4.57 Å². The lowest BCUT2D eigenvalue weighted by Crippen LogP contribution is -2.25. The van der Waals surface area contributed by atoms with Crippen molar-refractivity contribution in [3.05, 3.63) is 22.5 Å². The average Bonchev–Trinajstić information content (AvgIpc) is 2.63. The van der Waals surface area contributed by atoms with Crippen LogP contribution < -0.4 is 0 Å². The molecule has 0 radical (unpaired) electrons. The third kappa shape index (κ3) is 1.48. The van der Waals surface area contributed by atoms with E-state index < -0.39 is 0 Å². The van der Waals surface area contributed by atoms with Crippen molar-refractivity contribution in [3.63, 3.8) is 0 Å². The van der Waals surface area contributed by atoms with Gasteiger partial charge in [0.25, 0.3) is 0 Å². The van der Waals surface area contributed by atoms with Gasteiger partial charge in [0.1, 0.15) is 0 Å². The smallest absolute Gasteiger partial charge is 0.0822 e. The molecular formula is C17H24N2. The van der Waals surface area contributed by atoms with E-state index in [0.717, 1.165) is 6.42 Å². The van der Waals surface area contributed by atoms with E-state index in [-0.39, 0.29) is 10.8 Å². The first-order chi connectivity index (χ1) is 8.82. The molecule has 2 nitrogen and oxygen atoms in total. The maximum Gasteiger partial charge on any atom is 0.0822 e. The van der Waals surface area contributed by atoms with Gasteiger partial charge in [-0.3, -0.25) is 0 Å². The van der Waals surface area contributed by atoms with Crippen LogP contribution in [0.25, 0.3) is 0 Å². The van der Waals surface area contributed by atoms with Gasteiger partial charge in [0.2, 0.25) is 0 Å². The average molecular weight is 256 g/mol. The molecule has 102 valence electrons. The number of rotatable bonds is 1. The predicted molar refractivity (Wildman–Crippen MR) is 77.4 cm³/mol. The molecule has 0 aromatic carbocycles. The lowest BCUT2D eigenvalue weighted by Gasteiger charge is -2.32. The first kappa shape index (κ1) is 12.8. The Morgan fingerprint density at radius 1 is 1.11 bits per heavy atom. The van der Waals surface area contributed by atoms with Crippen molar-refractivity contribution in [2.45, 2.75) is 77.2 Å². The Kier molecular flexibility index (Phi) is 2.46. The zero-order valence-corrected chi connectivity index (χ0v) is 12.8. The van der Waals surface area contributed by atoms with Crippen LogP contribution in [0, 0.1) is 25.2 Å². The van der Waals surface area contributed by atoms with Crippen molar-refractivity contribution in [1.29, 1.82) is 5.26 Å². The fraction of sp³-hybridized carbons (Fsp3) is 0.706. The minimum atomic E-state index is -0.303. The highest BCUT2D eigenvalue weighted by molar-refractivity contribution is 5.55. The molecule has 1 fully saturated rings. The number of nitrogens with zero attached hydrogens (tertiary/aromatic N) is 2. The molecule has 19 heavy (non-hydrogen) atoms. The lowest BCUT2D eigenvalue weighted by molar-refractivity contribution is 0.301. The van der Waals surface area contributed by atoms with Crippen molar-refractivity contribution in [3.8, 4) is 6.07 Å². The second-order valence-corrected chi connectivity index (χ2v) is 7.38. The molecule has 0 spiro atoms. The zero-order valence-electron chi connectivity index (χ0n) is 12.8. The highest BCUT2D eigenvalue weighted by atomic mass is 15.0. The largest absolute Gasteiger partial charge is 0.346 e. The molecule has 2 aliphatic rings. The van der Waals surface area contributed by atoms with E-state index in [1.54, 1.807) is 0 Å². The summed E-state index contributed by atoms with van der Waals surface area (Å²) in [6.07, 6.45) is 4.91. The molecule has 0 saturated heterocycles. The Balaban J connectivity index is 2.27. The molecule has 0 amide bonds. The van der Waals surface area contributed by atoms with Crippen molar-refractivity contribution in [2.75, 3.05) is 0 Å². The maximum absolute atomic E-state index is 9.68. The van der Waals surface area contributed by atoms with E-state index in [4.69, 9.17) is 0 Å². The molecule has 2 aliphatic carbocycles. The van der Waals surface area contributed by atoms with Crippen LogP contribution in [0.2, 0.25) is 0 Å². The van der Waals surface area contributed by atoms with Crippen LogP contribution in [-0.4, -0.2) is 4.57 Å². The third-order valence-electron chi connectivity index (χ3n) is 5.41. The molecular weight excluding hydrogens is 232 g/mol. The van der Waals surface area contributed by atoms with E-state index in [1.165, 1.54) is 41.8 Å². The van der Waals surface area contributed by atoms with Gasteiger partial charge >= 0.3 is 0 Å². The molecule has 2 heteroatoms. The van der Waals surface area contributed by atoms with Gasteiger partial charge in [-0.2, -0.15) is 5.26 Å². The fourth-order valence-electron chi connectivity index (χ4n) is 4.71. The van der Waals surface area contributed by atoms with Crippen molar-refractivity contribution in [1.82, 2.24) is 4.57 Å². The maximum atomic E-state index is 9.68. The molecule has 1 atom stereocenters. The van der Waals surface area contributed by atoms with Gasteiger partial charge in [0.15, 0.2) is 0 Å². The van der Waals surface area contributed by atoms with Gasteiger partial charge in [-0.15, -0.1) is 0 Å². The van der Waals surface area contributed by atoms with Gasteiger partial charge in [-0.05, 0) is 63.0 Å². The molecule has 1 aromatic heterocycles. The summed E-state index contributed by atoms with van der Waals surface area (Å²) in [5.74, 6) is 0. The van der Waals surface area contributed by atoms with E-state index in [0.29, 0.717) is 6.04 Å². The number of hydrogen-bond acceptors (Lipinski definition) is 1. The van der Waals surface area contributed by atoms with Crippen molar-refractivity contribution >= 4 is 0 Å². The van der Waals surface area contributed by atoms with Crippen LogP contribution in [0.4, 0.5) is 0 Å². The minimum Gasteiger partial charge on any atom is -0.346 e. The van der Waals surface area contributed by atoms with E-state index >= 15 is 0 Å². The van der Waals surface area contributed by atoms with Gasteiger partial charge in [0.05, 0.1) is 11.5 Å². The Bertz CT molecular complexity index is 581. The number of hydrogen-bond donors (Lipinski definition) is 0. The van der Waals surface area contributed by atoms with Crippen LogP contribution in [0.5, 0.6) is 0 Å². The molecule has 1 aromatic rings. The fourth-order valence-corrected chi connectivity index (χ4v) is 4.71. The monoisotopic (exact) mass is 256 g/mol. The number of fused-ring (bicyclic) bond motifs is 1. The first-order valence-electron chi connectivity index (χ1n) is 7.45. The van der Waals surface area contributed by atoms with Gasteiger partial charge in [0, 0.05) is 17.4 Å². The first-order valence-corrected chi connectivity index (χ1v) is 7.45. The summed E-state index contributed by atoms with van der Waals surface area (Å²) in [7, 11) is 0. The summed E-state index contributed by atoms with van der Waals surface area (Å²) >= 11 is 0. The molecule has 1 heterocycles. The second kappa shape index (κ2) is 3.66. The second-order valence-electron chi connectivity index (χ2n) is 7.38.